The third kappa shape index (κ3) is 7.83. The molecular formula is C24H20Cl2Ti. The van der Waals surface area contributed by atoms with Crippen molar-refractivity contribution < 1.29 is 46.5 Å². The van der Waals surface area contributed by atoms with Crippen LogP contribution in [0.4, 0.5) is 0 Å². The summed E-state index contributed by atoms with van der Waals surface area (Å²) in [6, 6.07) is 31.6. The zero-order valence-corrected chi connectivity index (χ0v) is 17.9. The minimum atomic E-state index is 0. The minimum absolute atomic E-state index is 0. The van der Waals surface area contributed by atoms with E-state index in [4.69, 9.17) is 0 Å². The molecule has 0 saturated carbocycles. The Balaban J connectivity index is 0.000000742. The van der Waals surface area contributed by atoms with Crippen molar-refractivity contribution in [3.63, 3.8) is 0 Å². The average Bonchev–Trinajstić information content (AvgIpc) is 3.25. The predicted molar refractivity (Wildman–Crippen MR) is 101 cm³/mol. The van der Waals surface area contributed by atoms with Crippen molar-refractivity contribution in [3.05, 3.63) is 138 Å². The van der Waals surface area contributed by atoms with E-state index in [1.807, 2.05) is 12.2 Å². The van der Waals surface area contributed by atoms with Gasteiger partial charge >= 0.3 is 21.7 Å². The van der Waals surface area contributed by atoms with Crippen LogP contribution in [0.3, 0.4) is 0 Å². The van der Waals surface area contributed by atoms with Gasteiger partial charge in [-0.3, -0.25) is 6.08 Å². The third-order valence-corrected chi connectivity index (χ3v) is 3.77. The fraction of sp³-hybridized carbons (Fsp3) is 0.0417. The van der Waals surface area contributed by atoms with Gasteiger partial charge in [-0.25, -0.2) is 12.2 Å². The number of hydrogen-bond acceptors (Lipinski definition) is 0. The van der Waals surface area contributed by atoms with Gasteiger partial charge in [0.15, 0.2) is 0 Å². The molecule has 1 aliphatic carbocycles. The quantitative estimate of drug-likeness (QED) is 0.314. The van der Waals surface area contributed by atoms with Crippen LogP contribution in [0.1, 0.15) is 23.1 Å². The molecule has 0 spiro atoms. The standard InChI is InChI=1S/C19H15.C5H5.2ClH.Ti/c1-4-10-16(11-5-1)19(17-12-6-2-7-13-17)18-14-8-3-9-15-18;1-2-4-5-3-1;;;/h1-15H;1-3H,4H2;2*1H;/q2*-1;;;+4/p-2. The molecule has 0 N–H and O–H groups in total. The number of benzene rings is 3. The van der Waals surface area contributed by atoms with Gasteiger partial charge in [-0.2, -0.15) is 6.08 Å². The maximum absolute atomic E-state index is 2.99. The number of hydrogen-bond donors (Lipinski definition) is 0. The summed E-state index contributed by atoms with van der Waals surface area (Å²) in [7, 11) is 0. The van der Waals surface area contributed by atoms with Crippen LogP contribution in [-0.4, -0.2) is 0 Å². The Morgan fingerprint density at radius 2 is 0.963 bits per heavy atom. The van der Waals surface area contributed by atoms with Gasteiger partial charge in [-0.15, -0.1) is 6.42 Å². The van der Waals surface area contributed by atoms with Crippen LogP contribution < -0.4 is 24.8 Å². The Hall–Kier alpha value is -1.70. The van der Waals surface area contributed by atoms with Gasteiger partial charge in [-0.1, -0.05) is 114 Å². The molecule has 4 rings (SSSR count). The molecule has 0 nitrogen and oxygen atoms in total. The second kappa shape index (κ2) is 14.4. The molecule has 1 aliphatic rings. The summed E-state index contributed by atoms with van der Waals surface area (Å²) in [5, 5.41) is 0. The van der Waals surface area contributed by atoms with Crippen molar-refractivity contribution in [3.8, 4) is 0 Å². The van der Waals surface area contributed by atoms with E-state index in [9.17, 15) is 0 Å². The van der Waals surface area contributed by atoms with Crippen molar-refractivity contribution in [2.24, 2.45) is 0 Å². The van der Waals surface area contributed by atoms with Crippen LogP contribution in [0, 0.1) is 12.0 Å². The van der Waals surface area contributed by atoms with E-state index in [1.165, 1.54) is 22.6 Å². The zero-order valence-electron chi connectivity index (χ0n) is 14.9. The van der Waals surface area contributed by atoms with Gasteiger partial charge in [0.2, 0.25) is 0 Å². The van der Waals surface area contributed by atoms with Crippen LogP contribution in [0.5, 0.6) is 0 Å². The van der Waals surface area contributed by atoms with Crippen molar-refractivity contribution in [1.82, 2.24) is 0 Å². The van der Waals surface area contributed by atoms with Crippen LogP contribution in [0.25, 0.3) is 0 Å². The average molecular weight is 427 g/mol. The van der Waals surface area contributed by atoms with Crippen LogP contribution in [0.15, 0.2) is 109 Å². The smallest absolute Gasteiger partial charge is 1.00 e. The topological polar surface area (TPSA) is 0 Å². The molecule has 0 aliphatic heterocycles. The molecule has 27 heavy (non-hydrogen) atoms. The molecule has 0 heterocycles. The molecule has 0 amide bonds. The summed E-state index contributed by atoms with van der Waals surface area (Å²) in [6.45, 7) is 0. The summed E-state index contributed by atoms with van der Waals surface area (Å²) in [5.41, 5.74) is 3.75. The fourth-order valence-corrected chi connectivity index (χ4v) is 2.65. The molecule has 0 saturated heterocycles. The first kappa shape index (κ1) is 25.3. The second-order valence-electron chi connectivity index (χ2n) is 5.48. The summed E-state index contributed by atoms with van der Waals surface area (Å²) in [5.74, 6) is 1.28. The maximum Gasteiger partial charge on any atom is 4.00 e. The van der Waals surface area contributed by atoms with E-state index in [0.717, 1.165) is 6.42 Å². The first-order chi connectivity index (χ1) is 11.9. The summed E-state index contributed by atoms with van der Waals surface area (Å²) in [4.78, 5) is 0. The summed E-state index contributed by atoms with van der Waals surface area (Å²) >= 11 is 0. The molecule has 0 aromatic heterocycles. The van der Waals surface area contributed by atoms with E-state index < -0.39 is 0 Å². The first-order valence-electron chi connectivity index (χ1n) is 8.20. The van der Waals surface area contributed by atoms with Crippen LogP contribution >= 0.6 is 0 Å². The Bertz CT molecular complexity index is 680. The summed E-state index contributed by atoms with van der Waals surface area (Å²) < 4.78 is 0. The maximum atomic E-state index is 2.99. The zero-order chi connectivity index (χ0) is 16.5. The van der Waals surface area contributed by atoms with E-state index in [-0.39, 0.29) is 46.5 Å². The second-order valence-corrected chi connectivity index (χ2v) is 5.48. The third-order valence-electron chi connectivity index (χ3n) is 3.77. The number of rotatable bonds is 3. The molecule has 3 aromatic carbocycles. The molecule has 0 fully saturated rings. The normalized spacial score (nSPS) is 10.4. The number of halogens is 2. The Morgan fingerprint density at radius 3 is 1.19 bits per heavy atom. The molecule has 0 radical (unpaired) electrons. The van der Waals surface area contributed by atoms with Crippen molar-refractivity contribution >= 4 is 0 Å². The van der Waals surface area contributed by atoms with Crippen molar-refractivity contribution in [2.75, 3.05) is 0 Å². The van der Waals surface area contributed by atoms with Gasteiger partial charge in [-0.05, 0) is 0 Å². The van der Waals surface area contributed by atoms with Gasteiger partial charge < -0.3 is 24.8 Å². The molecule has 3 aromatic rings. The van der Waals surface area contributed by atoms with Crippen LogP contribution in [0.2, 0.25) is 0 Å². The van der Waals surface area contributed by atoms with E-state index in [2.05, 4.69) is 103 Å². The van der Waals surface area contributed by atoms with Gasteiger partial charge in [0.25, 0.3) is 0 Å². The SMILES string of the molecule is [C-]1=CC=CC1.[Cl-].[Cl-].[Ti+4].c1ccc([C-](c2ccccc2)c2ccccc2)cc1. The predicted octanol–water partition coefficient (Wildman–Crippen LogP) is 0.0170. The van der Waals surface area contributed by atoms with E-state index in [1.54, 1.807) is 0 Å². The monoisotopic (exact) mass is 426 g/mol. The largest absolute Gasteiger partial charge is 4.00 e. The Morgan fingerprint density at radius 1 is 0.593 bits per heavy atom. The summed E-state index contributed by atoms with van der Waals surface area (Å²) in [6.07, 6.45) is 10.0. The van der Waals surface area contributed by atoms with Gasteiger partial charge in [0.05, 0.1) is 0 Å². The van der Waals surface area contributed by atoms with E-state index >= 15 is 0 Å². The fourth-order valence-electron chi connectivity index (χ4n) is 2.65. The number of allylic oxidation sites excluding steroid dienone is 4. The van der Waals surface area contributed by atoms with Gasteiger partial charge in [0.1, 0.15) is 0 Å². The molecular weight excluding hydrogens is 407 g/mol. The molecule has 0 bridgehead atoms. The Labute approximate surface area is 190 Å². The van der Waals surface area contributed by atoms with E-state index in [0.29, 0.717) is 0 Å². The molecule has 3 heteroatoms. The van der Waals surface area contributed by atoms with Crippen molar-refractivity contribution in [2.45, 2.75) is 6.42 Å². The first-order valence-corrected chi connectivity index (χ1v) is 8.20. The molecule has 134 valence electrons. The molecule has 0 atom stereocenters. The van der Waals surface area contributed by atoms with Crippen molar-refractivity contribution in [1.29, 1.82) is 0 Å². The minimum Gasteiger partial charge on any atom is -1.00 e. The van der Waals surface area contributed by atoms with Crippen LogP contribution in [-0.2, 0) is 21.7 Å². The Kier molecular flexibility index (Phi) is 13.5. The molecule has 0 unspecified atom stereocenters. The van der Waals surface area contributed by atoms with Gasteiger partial charge in [0, 0.05) is 0 Å².